The Labute approximate surface area is 163 Å². The van der Waals surface area contributed by atoms with Gasteiger partial charge in [-0.3, -0.25) is 4.79 Å². The van der Waals surface area contributed by atoms with Crippen molar-refractivity contribution in [2.45, 2.75) is 25.6 Å². The molecule has 2 aromatic rings. The second-order valence-corrected chi connectivity index (χ2v) is 6.55. The number of nitrogens with two attached hydrogens (primary N) is 2. The molecule has 28 heavy (non-hydrogen) atoms. The van der Waals surface area contributed by atoms with Gasteiger partial charge in [-0.1, -0.05) is 17.7 Å². The normalized spacial score (nSPS) is 17.8. The van der Waals surface area contributed by atoms with Crippen molar-refractivity contribution >= 4 is 23.5 Å². The molecule has 0 fully saturated rings. The largest absolute Gasteiger partial charge is 0.431 e. The van der Waals surface area contributed by atoms with Gasteiger partial charge in [0, 0.05) is 13.0 Å². The monoisotopic (exact) mass is 415 g/mol. The van der Waals surface area contributed by atoms with E-state index < -0.39 is 28.7 Å². The first-order valence-electron chi connectivity index (χ1n) is 8.22. The Morgan fingerprint density at radius 3 is 2.75 bits per heavy atom. The highest BCUT2D eigenvalue weighted by Crippen LogP contribution is 2.37. The Morgan fingerprint density at radius 1 is 1.43 bits per heavy atom. The third-order valence-electron chi connectivity index (χ3n) is 4.55. The Balaban J connectivity index is 1.90. The number of carbonyl (C=O) groups excluding carboxylic acids is 1. The van der Waals surface area contributed by atoms with E-state index in [1.54, 1.807) is 6.92 Å². The minimum atomic E-state index is -4.66. The predicted octanol–water partition coefficient (Wildman–Crippen LogP) is 3.13. The predicted molar refractivity (Wildman–Crippen MR) is 96.0 cm³/mol. The van der Waals surface area contributed by atoms with Crippen LogP contribution in [0.1, 0.15) is 29.3 Å². The SMILES string of the molecule is CC1C(N)=C(N(N)c2ncco2)CCN1C(=O)c1cccc(C(F)(F)F)c1Cl. The van der Waals surface area contributed by atoms with Gasteiger partial charge in [0.1, 0.15) is 6.26 Å². The number of amides is 1. The van der Waals surface area contributed by atoms with Crippen LogP contribution < -0.4 is 16.6 Å². The lowest BCUT2D eigenvalue weighted by Gasteiger charge is -2.37. The Kier molecular flexibility index (Phi) is 5.26. The fourth-order valence-electron chi connectivity index (χ4n) is 3.03. The van der Waals surface area contributed by atoms with Crippen molar-refractivity contribution < 1.29 is 22.4 Å². The molecule has 2 heterocycles. The molecule has 11 heteroatoms. The molecule has 1 aromatic carbocycles. The van der Waals surface area contributed by atoms with Crippen LogP contribution in [0, 0.1) is 0 Å². The van der Waals surface area contributed by atoms with E-state index in [0.29, 0.717) is 5.70 Å². The van der Waals surface area contributed by atoms with Gasteiger partial charge >= 0.3 is 12.2 Å². The highest BCUT2D eigenvalue weighted by molar-refractivity contribution is 6.34. The zero-order valence-corrected chi connectivity index (χ0v) is 15.5. The van der Waals surface area contributed by atoms with Crippen molar-refractivity contribution in [2.75, 3.05) is 11.6 Å². The topological polar surface area (TPSA) is 102 Å². The second kappa shape index (κ2) is 7.36. The summed E-state index contributed by atoms with van der Waals surface area (Å²) in [6, 6.07) is 2.73. The van der Waals surface area contributed by atoms with E-state index in [0.717, 1.165) is 12.1 Å². The minimum absolute atomic E-state index is 0.130. The summed E-state index contributed by atoms with van der Waals surface area (Å²) in [5.74, 6) is 5.33. The molecule has 3 rings (SSSR count). The first kappa shape index (κ1) is 20.0. The molecule has 0 aliphatic carbocycles. The van der Waals surface area contributed by atoms with Gasteiger partial charge in [0.05, 0.1) is 39.8 Å². The van der Waals surface area contributed by atoms with Gasteiger partial charge in [0.2, 0.25) is 0 Å². The van der Waals surface area contributed by atoms with Crippen LogP contribution in [0.4, 0.5) is 19.2 Å². The molecule has 1 aliphatic rings. The Morgan fingerprint density at radius 2 is 2.14 bits per heavy atom. The van der Waals surface area contributed by atoms with Crippen molar-refractivity contribution in [3.63, 3.8) is 0 Å². The second-order valence-electron chi connectivity index (χ2n) is 6.18. The van der Waals surface area contributed by atoms with E-state index in [1.807, 2.05) is 0 Å². The molecule has 1 aliphatic heterocycles. The minimum Gasteiger partial charge on any atom is -0.431 e. The highest BCUT2D eigenvalue weighted by Gasteiger charge is 2.37. The number of nitrogens with zero attached hydrogens (tertiary/aromatic N) is 3. The first-order chi connectivity index (χ1) is 13.1. The maximum atomic E-state index is 13.1. The molecule has 4 N–H and O–H groups in total. The molecular formula is C17H17ClF3N5O2. The molecule has 1 unspecified atom stereocenters. The summed E-state index contributed by atoms with van der Waals surface area (Å²) >= 11 is 5.88. The standard InChI is InChI=1S/C17H17ClF3N5O2/c1-9-14(22)12(26(23)16-24-6-8-28-16)5-7-25(9)15(27)10-3-2-4-11(13(10)18)17(19,20)21/h2-4,6,8-9H,5,7,22-23H2,1H3. The van der Waals surface area contributed by atoms with Crippen LogP contribution in [-0.4, -0.2) is 28.4 Å². The fourth-order valence-corrected chi connectivity index (χ4v) is 3.35. The molecule has 0 bridgehead atoms. The van der Waals surface area contributed by atoms with E-state index in [4.69, 9.17) is 27.6 Å². The van der Waals surface area contributed by atoms with Gasteiger partial charge in [-0.2, -0.15) is 13.2 Å². The van der Waals surface area contributed by atoms with Crippen LogP contribution in [0.25, 0.3) is 0 Å². The third-order valence-corrected chi connectivity index (χ3v) is 4.96. The van der Waals surface area contributed by atoms with Crippen LogP contribution >= 0.6 is 11.6 Å². The number of benzene rings is 1. The summed E-state index contributed by atoms with van der Waals surface area (Å²) in [5, 5.41) is 0.547. The van der Waals surface area contributed by atoms with Crippen molar-refractivity contribution in [1.29, 1.82) is 0 Å². The molecule has 0 radical (unpaired) electrons. The number of alkyl halides is 3. The average molecular weight is 416 g/mol. The van der Waals surface area contributed by atoms with Crippen LogP contribution in [-0.2, 0) is 6.18 Å². The van der Waals surface area contributed by atoms with Gasteiger partial charge in [-0.05, 0) is 19.1 Å². The first-order valence-corrected chi connectivity index (χ1v) is 8.60. The number of hydrogen-bond acceptors (Lipinski definition) is 6. The smallest absolute Gasteiger partial charge is 0.417 e. The molecule has 7 nitrogen and oxygen atoms in total. The lowest BCUT2D eigenvalue weighted by Crippen LogP contribution is -2.49. The average Bonchev–Trinajstić information content (AvgIpc) is 3.17. The van der Waals surface area contributed by atoms with E-state index in [1.165, 1.54) is 28.4 Å². The Hall–Kier alpha value is -2.72. The van der Waals surface area contributed by atoms with E-state index in [9.17, 15) is 18.0 Å². The Bertz CT molecular complexity index is 914. The van der Waals surface area contributed by atoms with Crippen LogP contribution in [0.15, 0.2) is 46.5 Å². The number of hydrazine groups is 1. The molecule has 0 spiro atoms. The summed E-state index contributed by atoms with van der Waals surface area (Å²) in [7, 11) is 0. The van der Waals surface area contributed by atoms with Crippen molar-refractivity contribution in [3.8, 4) is 0 Å². The van der Waals surface area contributed by atoms with Gasteiger partial charge < -0.3 is 15.1 Å². The van der Waals surface area contributed by atoms with Crippen LogP contribution in [0.5, 0.6) is 0 Å². The zero-order chi connectivity index (χ0) is 20.6. The lowest BCUT2D eigenvalue weighted by atomic mass is 10.0. The summed E-state index contributed by atoms with van der Waals surface area (Å²) < 4.78 is 44.4. The lowest BCUT2D eigenvalue weighted by molar-refractivity contribution is -0.137. The summed E-state index contributed by atoms with van der Waals surface area (Å²) in [6.07, 6.45) is -1.63. The van der Waals surface area contributed by atoms with Crippen LogP contribution in [0.2, 0.25) is 5.02 Å². The summed E-state index contributed by atoms with van der Waals surface area (Å²) in [6.45, 7) is 1.83. The summed E-state index contributed by atoms with van der Waals surface area (Å²) in [4.78, 5) is 18.2. The molecule has 150 valence electrons. The number of hydrogen-bond donors (Lipinski definition) is 2. The van der Waals surface area contributed by atoms with Gasteiger partial charge in [0.15, 0.2) is 0 Å². The molecule has 0 saturated heterocycles. The quantitative estimate of drug-likeness (QED) is 0.590. The van der Waals surface area contributed by atoms with Crippen molar-refractivity contribution in [3.05, 3.63) is 58.2 Å². The van der Waals surface area contributed by atoms with Gasteiger partial charge in [-0.25, -0.2) is 15.8 Å². The number of oxazole rings is 1. The number of aromatic nitrogens is 1. The van der Waals surface area contributed by atoms with E-state index in [2.05, 4.69) is 4.98 Å². The van der Waals surface area contributed by atoms with Gasteiger partial charge in [0.25, 0.3) is 5.91 Å². The maximum absolute atomic E-state index is 13.1. The molecular weight excluding hydrogens is 399 g/mol. The third kappa shape index (κ3) is 3.52. The van der Waals surface area contributed by atoms with E-state index in [-0.39, 0.29) is 30.2 Å². The maximum Gasteiger partial charge on any atom is 0.417 e. The van der Waals surface area contributed by atoms with Gasteiger partial charge in [-0.15, -0.1) is 0 Å². The fraction of sp³-hybridized carbons (Fsp3) is 0.294. The summed E-state index contributed by atoms with van der Waals surface area (Å²) in [5.41, 5.74) is 5.64. The molecule has 1 aromatic heterocycles. The zero-order valence-electron chi connectivity index (χ0n) is 14.7. The van der Waals surface area contributed by atoms with E-state index >= 15 is 0 Å². The molecule has 1 atom stereocenters. The number of rotatable bonds is 3. The number of carbonyl (C=O) groups is 1. The molecule has 1 amide bonds. The highest BCUT2D eigenvalue weighted by atomic mass is 35.5. The van der Waals surface area contributed by atoms with Crippen LogP contribution in [0.3, 0.4) is 0 Å². The van der Waals surface area contributed by atoms with Crippen molar-refractivity contribution in [2.24, 2.45) is 11.6 Å². The van der Waals surface area contributed by atoms with Crippen molar-refractivity contribution in [1.82, 2.24) is 9.88 Å². The molecule has 0 saturated carbocycles. The number of halogens is 4. The number of anilines is 1.